The Labute approximate surface area is 211 Å². The summed E-state index contributed by atoms with van der Waals surface area (Å²) in [6.45, 7) is 11.7. The van der Waals surface area contributed by atoms with E-state index in [-0.39, 0.29) is 37.4 Å². The molecule has 0 saturated carbocycles. The molecule has 0 heterocycles. The second kappa shape index (κ2) is 16.3. The molecule has 0 aliphatic heterocycles. The molecule has 0 aromatic heterocycles. The third-order valence-corrected chi connectivity index (χ3v) is 4.40. The number of esters is 4. The SMILES string of the molecule is C=C(C)C(=O)OCCOC(=O)c1ccc(N(CC(=O)OC(C)OCC)CC(=O)OC(C)OCC)cc1. The number of ether oxygens (including phenoxy) is 6. The van der Waals surface area contributed by atoms with Gasteiger partial charge < -0.3 is 33.3 Å². The molecule has 0 radical (unpaired) electrons. The summed E-state index contributed by atoms with van der Waals surface area (Å²) in [5.41, 5.74) is 0.933. The zero-order valence-electron chi connectivity index (χ0n) is 21.4. The summed E-state index contributed by atoms with van der Waals surface area (Å²) in [4.78, 5) is 49.8. The molecule has 0 N–H and O–H groups in total. The molecule has 1 aromatic rings. The predicted octanol–water partition coefficient (Wildman–Crippen LogP) is 2.62. The lowest BCUT2D eigenvalue weighted by Crippen LogP contribution is -2.38. The molecule has 1 rings (SSSR count). The molecule has 2 unspecified atom stereocenters. The number of hydrogen-bond donors (Lipinski definition) is 0. The van der Waals surface area contributed by atoms with Crippen LogP contribution in [0, 0.1) is 0 Å². The molecule has 2 atom stereocenters. The number of hydrogen-bond acceptors (Lipinski definition) is 11. The van der Waals surface area contributed by atoms with Crippen LogP contribution < -0.4 is 4.90 Å². The molecule has 0 spiro atoms. The molecule has 11 heteroatoms. The zero-order valence-corrected chi connectivity index (χ0v) is 21.4. The molecule has 200 valence electrons. The van der Waals surface area contributed by atoms with Crippen molar-refractivity contribution >= 4 is 29.6 Å². The average Bonchev–Trinajstić information content (AvgIpc) is 2.81. The van der Waals surface area contributed by atoms with Crippen LogP contribution in [0.5, 0.6) is 0 Å². The molecule has 36 heavy (non-hydrogen) atoms. The summed E-state index contributed by atoms with van der Waals surface area (Å²) in [6.07, 6.45) is -1.50. The van der Waals surface area contributed by atoms with Crippen molar-refractivity contribution < 1.29 is 47.6 Å². The lowest BCUT2D eigenvalue weighted by atomic mass is 10.2. The Morgan fingerprint density at radius 3 is 1.75 bits per heavy atom. The third kappa shape index (κ3) is 11.8. The quantitative estimate of drug-likeness (QED) is 0.107. The van der Waals surface area contributed by atoms with Crippen LogP contribution in [0.25, 0.3) is 0 Å². The van der Waals surface area contributed by atoms with Crippen molar-refractivity contribution in [1.82, 2.24) is 0 Å². The first-order chi connectivity index (χ1) is 17.1. The van der Waals surface area contributed by atoms with Gasteiger partial charge >= 0.3 is 23.9 Å². The van der Waals surface area contributed by atoms with E-state index in [2.05, 4.69) is 6.58 Å². The van der Waals surface area contributed by atoms with E-state index in [1.807, 2.05) is 0 Å². The average molecular weight is 510 g/mol. The number of benzene rings is 1. The van der Waals surface area contributed by atoms with E-state index in [4.69, 9.17) is 28.4 Å². The number of anilines is 1. The maximum absolute atomic E-state index is 12.4. The number of rotatable bonds is 16. The van der Waals surface area contributed by atoms with Crippen molar-refractivity contribution in [1.29, 1.82) is 0 Å². The van der Waals surface area contributed by atoms with E-state index in [1.165, 1.54) is 24.0 Å². The minimum absolute atomic E-state index is 0.103. The van der Waals surface area contributed by atoms with Gasteiger partial charge in [0.1, 0.15) is 26.3 Å². The van der Waals surface area contributed by atoms with Crippen LogP contribution in [0.3, 0.4) is 0 Å². The van der Waals surface area contributed by atoms with E-state index >= 15 is 0 Å². The monoisotopic (exact) mass is 509 g/mol. The lowest BCUT2D eigenvalue weighted by Gasteiger charge is -2.24. The van der Waals surface area contributed by atoms with Crippen molar-refractivity contribution in [2.24, 2.45) is 0 Å². The van der Waals surface area contributed by atoms with Crippen molar-refractivity contribution in [2.45, 2.75) is 47.2 Å². The maximum Gasteiger partial charge on any atom is 0.338 e. The highest BCUT2D eigenvalue weighted by Crippen LogP contribution is 2.17. The minimum Gasteiger partial charge on any atom is -0.459 e. The van der Waals surface area contributed by atoms with Gasteiger partial charge in [0.25, 0.3) is 0 Å². The number of carbonyl (C=O) groups is 4. The standard InChI is InChI=1S/C25H35NO10/c1-7-31-18(5)35-22(27)15-26(16-23(28)36-19(6)32-8-2)21-11-9-20(10-12-21)25(30)34-14-13-33-24(29)17(3)4/h9-12,18-19H,3,7-8,13-16H2,1-2,4-6H3. The van der Waals surface area contributed by atoms with Crippen LogP contribution >= 0.6 is 0 Å². The van der Waals surface area contributed by atoms with Crippen LogP contribution in [0.2, 0.25) is 0 Å². The highest BCUT2D eigenvalue weighted by atomic mass is 16.7. The van der Waals surface area contributed by atoms with Crippen molar-refractivity contribution in [3.63, 3.8) is 0 Å². The Bertz CT molecular complexity index is 855. The Morgan fingerprint density at radius 1 is 0.833 bits per heavy atom. The topological polar surface area (TPSA) is 127 Å². The van der Waals surface area contributed by atoms with Gasteiger partial charge in [-0.3, -0.25) is 9.59 Å². The Balaban J connectivity index is 2.84. The van der Waals surface area contributed by atoms with Gasteiger partial charge in [-0.25, -0.2) is 9.59 Å². The van der Waals surface area contributed by atoms with E-state index in [1.54, 1.807) is 39.8 Å². The van der Waals surface area contributed by atoms with Gasteiger partial charge in [0, 0.05) is 24.5 Å². The molecular formula is C25H35NO10. The summed E-state index contributed by atoms with van der Waals surface area (Å²) in [5.74, 6) is -2.43. The van der Waals surface area contributed by atoms with Crippen molar-refractivity contribution in [2.75, 3.05) is 44.4 Å². The molecule has 0 saturated heterocycles. The lowest BCUT2D eigenvalue weighted by molar-refractivity contribution is -0.173. The smallest absolute Gasteiger partial charge is 0.338 e. The van der Waals surface area contributed by atoms with Gasteiger partial charge in [0.2, 0.25) is 0 Å². The molecule has 0 amide bonds. The van der Waals surface area contributed by atoms with Gasteiger partial charge in [-0.2, -0.15) is 0 Å². The van der Waals surface area contributed by atoms with Gasteiger partial charge in [0.05, 0.1) is 5.56 Å². The first-order valence-electron chi connectivity index (χ1n) is 11.5. The highest BCUT2D eigenvalue weighted by Gasteiger charge is 2.21. The van der Waals surface area contributed by atoms with E-state index in [9.17, 15) is 19.2 Å². The van der Waals surface area contributed by atoms with Crippen LogP contribution in [0.4, 0.5) is 5.69 Å². The molecular weight excluding hydrogens is 474 g/mol. The Hall–Kier alpha value is -3.44. The van der Waals surface area contributed by atoms with Gasteiger partial charge in [0.15, 0.2) is 12.6 Å². The van der Waals surface area contributed by atoms with Gasteiger partial charge in [-0.15, -0.1) is 0 Å². The van der Waals surface area contributed by atoms with Crippen LogP contribution in [0.15, 0.2) is 36.4 Å². The fraction of sp³-hybridized carbons (Fsp3) is 0.520. The van der Waals surface area contributed by atoms with Gasteiger partial charge in [-0.05, 0) is 58.9 Å². The fourth-order valence-electron chi connectivity index (χ4n) is 2.82. The first kappa shape index (κ1) is 30.6. The van der Waals surface area contributed by atoms with Crippen molar-refractivity contribution in [3.8, 4) is 0 Å². The zero-order chi connectivity index (χ0) is 27.1. The molecule has 0 aliphatic rings. The maximum atomic E-state index is 12.4. The summed E-state index contributed by atoms with van der Waals surface area (Å²) in [6, 6.07) is 6.06. The summed E-state index contributed by atoms with van der Waals surface area (Å²) in [5, 5.41) is 0. The summed E-state index contributed by atoms with van der Waals surface area (Å²) >= 11 is 0. The van der Waals surface area contributed by atoms with E-state index in [0.717, 1.165) is 0 Å². The molecule has 1 aromatic carbocycles. The molecule has 11 nitrogen and oxygen atoms in total. The largest absolute Gasteiger partial charge is 0.459 e. The second-order valence-corrected chi connectivity index (χ2v) is 7.48. The third-order valence-electron chi connectivity index (χ3n) is 4.40. The predicted molar refractivity (Wildman–Crippen MR) is 129 cm³/mol. The minimum atomic E-state index is -0.749. The number of carbonyl (C=O) groups excluding carboxylic acids is 4. The van der Waals surface area contributed by atoms with E-state index in [0.29, 0.717) is 18.9 Å². The van der Waals surface area contributed by atoms with Crippen LogP contribution in [-0.4, -0.2) is 76.0 Å². The van der Waals surface area contributed by atoms with Gasteiger partial charge in [-0.1, -0.05) is 6.58 Å². The Morgan fingerprint density at radius 2 is 1.31 bits per heavy atom. The molecule has 0 aliphatic carbocycles. The highest BCUT2D eigenvalue weighted by molar-refractivity contribution is 5.90. The molecule has 0 bridgehead atoms. The van der Waals surface area contributed by atoms with Crippen LogP contribution in [0.1, 0.15) is 45.0 Å². The summed E-state index contributed by atoms with van der Waals surface area (Å²) in [7, 11) is 0. The second-order valence-electron chi connectivity index (χ2n) is 7.48. The fourth-order valence-corrected chi connectivity index (χ4v) is 2.82. The normalized spacial score (nSPS) is 12.1. The molecule has 0 fully saturated rings. The van der Waals surface area contributed by atoms with E-state index < -0.39 is 36.5 Å². The first-order valence-corrected chi connectivity index (χ1v) is 11.5. The van der Waals surface area contributed by atoms with Crippen molar-refractivity contribution in [3.05, 3.63) is 42.0 Å². The Kier molecular flexibility index (Phi) is 13.8. The summed E-state index contributed by atoms with van der Waals surface area (Å²) < 4.78 is 30.8. The number of nitrogens with zero attached hydrogens (tertiary/aromatic N) is 1. The van der Waals surface area contributed by atoms with Crippen LogP contribution in [-0.2, 0) is 42.8 Å².